The van der Waals surface area contributed by atoms with E-state index in [1.165, 1.54) is 42.6 Å². The lowest BCUT2D eigenvalue weighted by atomic mass is 10.0. The first kappa shape index (κ1) is 14.5. The molecule has 1 aromatic carbocycles. The fourth-order valence-corrected chi connectivity index (χ4v) is 3.01. The highest BCUT2D eigenvalue weighted by molar-refractivity contribution is 5.31. The molecule has 2 unspecified atom stereocenters. The molecule has 0 aliphatic carbocycles. The Kier molecular flexibility index (Phi) is 5.00. The first-order chi connectivity index (χ1) is 9.11. The van der Waals surface area contributed by atoms with E-state index in [0.717, 1.165) is 12.6 Å². The number of likely N-dealkylation sites (tertiary alicyclic amines) is 1. The molecule has 1 fully saturated rings. The fraction of sp³-hybridized carbons (Fsp3) is 0.647. The predicted molar refractivity (Wildman–Crippen MR) is 82.6 cm³/mol. The van der Waals surface area contributed by atoms with Crippen LogP contribution in [0.4, 0.5) is 0 Å². The Balaban J connectivity index is 1.90. The lowest BCUT2D eigenvalue weighted by Gasteiger charge is -2.25. The van der Waals surface area contributed by atoms with E-state index in [4.69, 9.17) is 0 Å². The molecule has 106 valence electrons. The van der Waals surface area contributed by atoms with Gasteiger partial charge in [-0.25, -0.2) is 0 Å². The van der Waals surface area contributed by atoms with Gasteiger partial charge >= 0.3 is 0 Å². The summed E-state index contributed by atoms with van der Waals surface area (Å²) in [6, 6.07) is 7.99. The SMILES string of the molecule is CCN1CCCC1CNC(C)c1ccc(C)c(C)c1. The summed E-state index contributed by atoms with van der Waals surface area (Å²) in [4.78, 5) is 2.60. The number of nitrogens with one attached hydrogen (secondary N) is 1. The molecule has 19 heavy (non-hydrogen) atoms. The zero-order chi connectivity index (χ0) is 13.8. The summed E-state index contributed by atoms with van der Waals surface area (Å²) in [5, 5.41) is 3.71. The van der Waals surface area contributed by atoms with Gasteiger partial charge in [-0.3, -0.25) is 4.90 Å². The monoisotopic (exact) mass is 260 g/mol. The molecule has 1 aromatic rings. The zero-order valence-corrected chi connectivity index (χ0v) is 12.9. The summed E-state index contributed by atoms with van der Waals surface area (Å²) in [5.74, 6) is 0. The minimum absolute atomic E-state index is 0.443. The molecule has 0 amide bonds. The average Bonchev–Trinajstić information content (AvgIpc) is 2.86. The normalized spacial score (nSPS) is 21.8. The number of hydrogen-bond donors (Lipinski definition) is 1. The summed E-state index contributed by atoms with van der Waals surface area (Å²) in [5.41, 5.74) is 4.18. The van der Waals surface area contributed by atoms with Crippen molar-refractivity contribution in [2.75, 3.05) is 19.6 Å². The van der Waals surface area contributed by atoms with Crippen molar-refractivity contribution in [1.82, 2.24) is 10.2 Å². The van der Waals surface area contributed by atoms with Gasteiger partial charge in [0.15, 0.2) is 0 Å². The van der Waals surface area contributed by atoms with E-state index in [0.29, 0.717) is 6.04 Å². The van der Waals surface area contributed by atoms with Crippen molar-refractivity contribution >= 4 is 0 Å². The highest BCUT2D eigenvalue weighted by Gasteiger charge is 2.22. The van der Waals surface area contributed by atoms with Crippen molar-refractivity contribution in [3.8, 4) is 0 Å². The molecule has 1 heterocycles. The minimum Gasteiger partial charge on any atom is -0.309 e. The number of likely N-dealkylation sites (N-methyl/N-ethyl adjacent to an activating group) is 1. The highest BCUT2D eigenvalue weighted by atomic mass is 15.2. The average molecular weight is 260 g/mol. The molecule has 2 heteroatoms. The van der Waals surface area contributed by atoms with Crippen LogP contribution in [0.2, 0.25) is 0 Å². The van der Waals surface area contributed by atoms with Gasteiger partial charge in [0.2, 0.25) is 0 Å². The Morgan fingerprint density at radius 3 is 2.79 bits per heavy atom. The smallest absolute Gasteiger partial charge is 0.0292 e. The first-order valence-corrected chi connectivity index (χ1v) is 7.66. The van der Waals surface area contributed by atoms with Gasteiger partial charge in [0.1, 0.15) is 0 Å². The molecule has 2 rings (SSSR count). The van der Waals surface area contributed by atoms with Gasteiger partial charge in [-0.2, -0.15) is 0 Å². The van der Waals surface area contributed by atoms with Crippen molar-refractivity contribution in [3.63, 3.8) is 0 Å². The molecule has 1 aliphatic rings. The third kappa shape index (κ3) is 3.58. The minimum atomic E-state index is 0.443. The number of benzene rings is 1. The second-order valence-corrected chi connectivity index (χ2v) is 5.90. The fourth-order valence-electron chi connectivity index (χ4n) is 3.01. The van der Waals surface area contributed by atoms with E-state index >= 15 is 0 Å². The van der Waals surface area contributed by atoms with Gasteiger partial charge in [-0.05, 0) is 63.4 Å². The molecule has 0 saturated carbocycles. The third-order valence-corrected chi connectivity index (χ3v) is 4.60. The van der Waals surface area contributed by atoms with Gasteiger partial charge in [0.05, 0.1) is 0 Å². The molecule has 1 saturated heterocycles. The highest BCUT2D eigenvalue weighted by Crippen LogP contribution is 2.19. The van der Waals surface area contributed by atoms with Crippen LogP contribution in [0, 0.1) is 13.8 Å². The van der Waals surface area contributed by atoms with Crippen LogP contribution in [0.1, 0.15) is 49.4 Å². The molecule has 0 spiro atoms. The van der Waals surface area contributed by atoms with E-state index < -0.39 is 0 Å². The summed E-state index contributed by atoms with van der Waals surface area (Å²) >= 11 is 0. The Morgan fingerprint density at radius 2 is 2.11 bits per heavy atom. The maximum atomic E-state index is 3.71. The first-order valence-electron chi connectivity index (χ1n) is 7.66. The van der Waals surface area contributed by atoms with E-state index in [2.05, 4.69) is 56.1 Å². The lowest BCUT2D eigenvalue weighted by Crippen LogP contribution is -2.38. The summed E-state index contributed by atoms with van der Waals surface area (Å²) in [6.45, 7) is 12.5. The number of rotatable bonds is 5. The maximum absolute atomic E-state index is 3.71. The van der Waals surface area contributed by atoms with Gasteiger partial charge in [-0.15, -0.1) is 0 Å². The Morgan fingerprint density at radius 1 is 1.32 bits per heavy atom. The van der Waals surface area contributed by atoms with Crippen LogP contribution in [0.5, 0.6) is 0 Å². The van der Waals surface area contributed by atoms with Crippen LogP contribution < -0.4 is 5.32 Å². The van der Waals surface area contributed by atoms with Crippen molar-refractivity contribution < 1.29 is 0 Å². The standard InChI is InChI=1S/C17H28N2/c1-5-19-10-6-7-17(19)12-18-15(4)16-9-8-13(2)14(3)11-16/h8-9,11,15,17-18H,5-7,10,12H2,1-4H3. The van der Waals surface area contributed by atoms with Crippen molar-refractivity contribution in [2.24, 2.45) is 0 Å². The maximum Gasteiger partial charge on any atom is 0.0292 e. The van der Waals surface area contributed by atoms with Crippen molar-refractivity contribution in [1.29, 1.82) is 0 Å². The zero-order valence-electron chi connectivity index (χ0n) is 12.9. The summed E-state index contributed by atoms with van der Waals surface area (Å²) in [7, 11) is 0. The molecule has 2 atom stereocenters. The lowest BCUT2D eigenvalue weighted by molar-refractivity contribution is 0.255. The van der Waals surface area contributed by atoms with Gasteiger partial charge in [-0.1, -0.05) is 25.1 Å². The summed E-state index contributed by atoms with van der Waals surface area (Å²) in [6.07, 6.45) is 2.71. The number of nitrogens with zero attached hydrogens (tertiary/aromatic N) is 1. The van der Waals surface area contributed by atoms with Gasteiger partial charge in [0.25, 0.3) is 0 Å². The van der Waals surface area contributed by atoms with E-state index in [1.54, 1.807) is 0 Å². The largest absolute Gasteiger partial charge is 0.309 e. The van der Waals surface area contributed by atoms with Crippen molar-refractivity contribution in [2.45, 2.75) is 52.6 Å². The summed E-state index contributed by atoms with van der Waals surface area (Å²) < 4.78 is 0. The van der Waals surface area contributed by atoms with Crippen LogP contribution in [0.25, 0.3) is 0 Å². The molecular weight excluding hydrogens is 232 g/mol. The van der Waals surface area contributed by atoms with Crippen LogP contribution in [-0.4, -0.2) is 30.6 Å². The van der Waals surface area contributed by atoms with Gasteiger partial charge < -0.3 is 5.32 Å². The third-order valence-electron chi connectivity index (χ3n) is 4.60. The second kappa shape index (κ2) is 6.53. The molecular formula is C17H28N2. The van der Waals surface area contributed by atoms with Crippen LogP contribution >= 0.6 is 0 Å². The molecule has 0 bridgehead atoms. The topological polar surface area (TPSA) is 15.3 Å². The molecule has 2 nitrogen and oxygen atoms in total. The van der Waals surface area contributed by atoms with E-state index in [-0.39, 0.29) is 0 Å². The number of hydrogen-bond acceptors (Lipinski definition) is 2. The van der Waals surface area contributed by atoms with Gasteiger partial charge in [0, 0.05) is 18.6 Å². The second-order valence-electron chi connectivity index (χ2n) is 5.90. The van der Waals surface area contributed by atoms with Crippen LogP contribution in [0.15, 0.2) is 18.2 Å². The molecule has 1 N–H and O–H groups in total. The Labute approximate surface area is 118 Å². The molecule has 0 radical (unpaired) electrons. The molecule has 1 aliphatic heterocycles. The molecule has 0 aromatic heterocycles. The van der Waals surface area contributed by atoms with Crippen LogP contribution in [0.3, 0.4) is 0 Å². The predicted octanol–water partition coefficient (Wildman–Crippen LogP) is 3.44. The van der Waals surface area contributed by atoms with Crippen LogP contribution in [-0.2, 0) is 0 Å². The number of aryl methyl sites for hydroxylation is 2. The quantitative estimate of drug-likeness (QED) is 0.872. The Bertz CT molecular complexity index is 414. The Hall–Kier alpha value is -0.860. The van der Waals surface area contributed by atoms with E-state index in [9.17, 15) is 0 Å². The van der Waals surface area contributed by atoms with E-state index in [1.807, 2.05) is 0 Å². The van der Waals surface area contributed by atoms with Crippen molar-refractivity contribution in [3.05, 3.63) is 34.9 Å².